The molecule has 0 fully saturated rings. The summed E-state index contributed by atoms with van der Waals surface area (Å²) in [4.78, 5) is 12.6. The second kappa shape index (κ2) is 7.94. The summed E-state index contributed by atoms with van der Waals surface area (Å²) in [5.41, 5.74) is 1.05. The first-order valence-corrected chi connectivity index (χ1v) is 7.01. The topological polar surface area (TPSA) is 58.4 Å². The van der Waals surface area contributed by atoms with Crippen LogP contribution in [-0.4, -0.2) is 39.3 Å². The molecule has 0 aliphatic heterocycles. The Hall–Kier alpha value is -1.36. The molecule has 1 heterocycles. The van der Waals surface area contributed by atoms with Crippen molar-refractivity contribution in [1.82, 2.24) is 14.7 Å². The Morgan fingerprint density at radius 3 is 2.74 bits per heavy atom. The molecule has 5 heteroatoms. The van der Waals surface area contributed by atoms with Crippen LogP contribution in [-0.2, 0) is 11.3 Å². The van der Waals surface area contributed by atoms with Gasteiger partial charge >= 0.3 is 5.97 Å². The van der Waals surface area contributed by atoms with Gasteiger partial charge in [0.05, 0.1) is 11.7 Å². The maximum absolute atomic E-state index is 10.4. The fourth-order valence-electron chi connectivity index (χ4n) is 2.18. The zero-order chi connectivity index (χ0) is 14.3. The minimum Gasteiger partial charge on any atom is -0.481 e. The summed E-state index contributed by atoms with van der Waals surface area (Å²) < 4.78 is 2.04. The smallest absolute Gasteiger partial charge is 0.303 e. The van der Waals surface area contributed by atoms with Gasteiger partial charge in [0.15, 0.2) is 0 Å². The molecule has 0 saturated carbocycles. The molecule has 0 amide bonds. The van der Waals surface area contributed by atoms with Gasteiger partial charge in [0, 0.05) is 19.2 Å². The minimum absolute atomic E-state index is 0.229. The fraction of sp³-hybridized carbons (Fsp3) is 0.714. The Morgan fingerprint density at radius 1 is 1.47 bits per heavy atom. The standard InChI is InChI=1S/C14H25N3O2/c1-4-13(5-2)17-10-8-12(15-17)11-16(3)9-6-7-14(18)19/h8,10,13H,4-7,9,11H2,1-3H3,(H,18,19). The molecule has 0 saturated heterocycles. The Balaban J connectivity index is 2.42. The lowest BCUT2D eigenvalue weighted by atomic mass is 10.2. The van der Waals surface area contributed by atoms with Crippen molar-refractivity contribution in [2.75, 3.05) is 13.6 Å². The number of carbonyl (C=O) groups is 1. The van der Waals surface area contributed by atoms with E-state index in [4.69, 9.17) is 5.11 Å². The second-order valence-electron chi connectivity index (χ2n) is 4.99. The number of aliphatic carboxylic acids is 1. The Labute approximate surface area is 115 Å². The van der Waals surface area contributed by atoms with Gasteiger partial charge in [-0.15, -0.1) is 0 Å². The lowest BCUT2D eigenvalue weighted by Crippen LogP contribution is -2.20. The quantitative estimate of drug-likeness (QED) is 0.747. The van der Waals surface area contributed by atoms with Crippen LogP contribution >= 0.6 is 0 Å². The highest BCUT2D eigenvalue weighted by molar-refractivity contribution is 5.66. The first-order chi connectivity index (χ1) is 9.06. The van der Waals surface area contributed by atoms with Crippen molar-refractivity contribution in [2.24, 2.45) is 0 Å². The largest absolute Gasteiger partial charge is 0.481 e. The Bertz CT molecular complexity index is 386. The molecule has 1 aromatic heterocycles. The molecule has 0 radical (unpaired) electrons. The summed E-state index contributed by atoms with van der Waals surface area (Å²) in [6, 6.07) is 2.53. The van der Waals surface area contributed by atoms with E-state index < -0.39 is 5.97 Å². The van der Waals surface area contributed by atoms with Gasteiger partial charge < -0.3 is 10.0 Å². The van der Waals surface area contributed by atoms with Gasteiger partial charge in [-0.05, 0) is 38.9 Å². The number of carboxylic acids is 1. The van der Waals surface area contributed by atoms with Crippen molar-refractivity contribution in [1.29, 1.82) is 0 Å². The van der Waals surface area contributed by atoms with Crippen LogP contribution in [0.15, 0.2) is 12.3 Å². The zero-order valence-electron chi connectivity index (χ0n) is 12.2. The molecule has 0 aromatic carbocycles. The van der Waals surface area contributed by atoms with Crippen LogP contribution in [0.2, 0.25) is 0 Å². The van der Waals surface area contributed by atoms with E-state index in [9.17, 15) is 4.79 Å². The maximum atomic E-state index is 10.4. The number of rotatable bonds is 9. The zero-order valence-corrected chi connectivity index (χ0v) is 12.2. The molecule has 108 valence electrons. The van der Waals surface area contributed by atoms with Crippen LogP contribution in [0.3, 0.4) is 0 Å². The van der Waals surface area contributed by atoms with E-state index >= 15 is 0 Å². The highest BCUT2D eigenvalue weighted by Crippen LogP contribution is 2.14. The molecule has 0 unspecified atom stereocenters. The molecule has 0 aliphatic rings. The molecule has 1 rings (SSSR count). The van der Waals surface area contributed by atoms with Crippen LogP contribution in [0, 0.1) is 0 Å². The third-order valence-corrected chi connectivity index (χ3v) is 3.34. The van der Waals surface area contributed by atoms with Gasteiger partial charge in [-0.25, -0.2) is 0 Å². The Kier molecular flexibility index (Phi) is 6.56. The third-order valence-electron chi connectivity index (χ3n) is 3.34. The van der Waals surface area contributed by atoms with Gasteiger partial charge in [-0.1, -0.05) is 13.8 Å². The number of hydrogen-bond acceptors (Lipinski definition) is 3. The maximum Gasteiger partial charge on any atom is 0.303 e. The molecular formula is C14H25N3O2. The average molecular weight is 267 g/mol. The molecule has 0 aliphatic carbocycles. The van der Waals surface area contributed by atoms with Crippen molar-refractivity contribution < 1.29 is 9.90 Å². The molecular weight excluding hydrogens is 242 g/mol. The van der Waals surface area contributed by atoms with Crippen LogP contribution in [0.1, 0.15) is 51.3 Å². The molecule has 0 spiro atoms. The summed E-state index contributed by atoms with van der Waals surface area (Å²) in [6.07, 6.45) is 5.13. The molecule has 1 aromatic rings. The van der Waals surface area contributed by atoms with Crippen molar-refractivity contribution in [2.45, 2.75) is 52.1 Å². The first-order valence-electron chi connectivity index (χ1n) is 7.01. The van der Waals surface area contributed by atoms with Crippen molar-refractivity contribution in [3.63, 3.8) is 0 Å². The van der Waals surface area contributed by atoms with Crippen LogP contribution in [0.25, 0.3) is 0 Å². The summed E-state index contributed by atoms with van der Waals surface area (Å²) in [6.45, 7) is 5.90. The van der Waals surface area contributed by atoms with Crippen LogP contribution < -0.4 is 0 Å². The normalized spacial score (nSPS) is 11.4. The van der Waals surface area contributed by atoms with E-state index in [2.05, 4.69) is 23.8 Å². The predicted octanol–water partition coefficient (Wildman–Crippen LogP) is 2.54. The molecule has 1 N–H and O–H groups in total. The van der Waals surface area contributed by atoms with Crippen molar-refractivity contribution in [3.05, 3.63) is 18.0 Å². The van der Waals surface area contributed by atoms with Gasteiger partial charge in [-0.3, -0.25) is 9.48 Å². The number of nitrogens with zero attached hydrogens (tertiary/aromatic N) is 3. The van der Waals surface area contributed by atoms with Crippen molar-refractivity contribution >= 4 is 5.97 Å². The van der Waals surface area contributed by atoms with Gasteiger partial charge in [0.25, 0.3) is 0 Å². The highest BCUT2D eigenvalue weighted by Gasteiger charge is 2.09. The molecule has 0 atom stereocenters. The lowest BCUT2D eigenvalue weighted by Gasteiger charge is -2.15. The van der Waals surface area contributed by atoms with E-state index in [1.165, 1.54) is 0 Å². The summed E-state index contributed by atoms with van der Waals surface area (Å²) in [5.74, 6) is -0.730. The summed E-state index contributed by atoms with van der Waals surface area (Å²) in [5, 5.41) is 13.2. The highest BCUT2D eigenvalue weighted by atomic mass is 16.4. The van der Waals surface area contributed by atoms with Crippen molar-refractivity contribution in [3.8, 4) is 0 Å². The number of hydrogen-bond donors (Lipinski definition) is 1. The van der Waals surface area contributed by atoms with Gasteiger partial charge in [0.1, 0.15) is 0 Å². The van der Waals surface area contributed by atoms with Gasteiger partial charge in [-0.2, -0.15) is 5.10 Å². The fourth-order valence-corrected chi connectivity index (χ4v) is 2.18. The lowest BCUT2D eigenvalue weighted by molar-refractivity contribution is -0.137. The van der Waals surface area contributed by atoms with E-state index in [1.54, 1.807) is 0 Å². The summed E-state index contributed by atoms with van der Waals surface area (Å²) in [7, 11) is 2.00. The first kappa shape index (κ1) is 15.7. The molecule has 0 bridgehead atoms. The second-order valence-corrected chi connectivity index (χ2v) is 4.99. The predicted molar refractivity (Wildman–Crippen MR) is 75.0 cm³/mol. The van der Waals surface area contributed by atoms with E-state index in [1.807, 2.05) is 24.0 Å². The van der Waals surface area contributed by atoms with E-state index in [-0.39, 0.29) is 6.42 Å². The molecule has 19 heavy (non-hydrogen) atoms. The molecule has 5 nitrogen and oxygen atoms in total. The summed E-state index contributed by atoms with van der Waals surface area (Å²) >= 11 is 0. The van der Waals surface area contributed by atoms with Crippen LogP contribution in [0.5, 0.6) is 0 Å². The third kappa shape index (κ3) is 5.42. The average Bonchev–Trinajstić information content (AvgIpc) is 2.78. The van der Waals surface area contributed by atoms with Gasteiger partial charge in [0.2, 0.25) is 0 Å². The SMILES string of the molecule is CCC(CC)n1ccc(CN(C)CCCC(=O)O)n1. The van der Waals surface area contributed by atoms with E-state index in [0.717, 1.165) is 31.6 Å². The Morgan fingerprint density at radius 2 is 2.16 bits per heavy atom. The van der Waals surface area contributed by atoms with E-state index in [0.29, 0.717) is 12.5 Å². The monoisotopic (exact) mass is 267 g/mol. The number of carboxylic acid groups (broad SMARTS) is 1. The van der Waals surface area contributed by atoms with Crippen LogP contribution in [0.4, 0.5) is 0 Å². The minimum atomic E-state index is -0.730. The number of aromatic nitrogens is 2.